The molecule has 1 amide bonds. The molecule has 7 heteroatoms. The van der Waals surface area contributed by atoms with Gasteiger partial charge in [0.2, 0.25) is 0 Å². The van der Waals surface area contributed by atoms with Crippen molar-refractivity contribution in [1.82, 2.24) is 9.97 Å². The van der Waals surface area contributed by atoms with E-state index in [1.54, 1.807) is 26.6 Å². The predicted molar refractivity (Wildman–Crippen MR) is 109 cm³/mol. The van der Waals surface area contributed by atoms with Gasteiger partial charge in [-0.3, -0.25) is 9.78 Å². The van der Waals surface area contributed by atoms with Gasteiger partial charge in [-0.2, -0.15) is 0 Å². The minimum atomic E-state index is -0.214. The van der Waals surface area contributed by atoms with Gasteiger partial charge in [-0.1, -0.05) is 12.1 Å². The van der Waals surface area contributed by atoms with Gasteiger partial charge in [0, 0.05) is 41.5 Å². The van der Waals surface area contributed by atoms with Crippen LogP contribution in [0.25, 0.3) is 21.8 Å². The zero-order valence-electron chi connectivity index (χ0n) is 15.6. The van der Waals surface area contributed by atoms with Gasteiger partial charge >= 0.3 is 0 Å². The fourth-order valence-electron chi connectivity index (χ4n) is 3.21. The summed E-state index contributed by atoms with van der Waals surface area (Å²) in [4.78, 5) is 20.5. The van der Waals surface area contributed by atoms with Crippen LogP contribution in [0, 0.1) is 0 Å². The second-order valence-corrected chi connectivity index (χ2v) is 6.33. The summed E-state index contributed by atoms with van der Waals surface area (Å²) in [5.41, 5.74) is 9.40. The number of hydrogen-bond acceptors (Lipinski definition) is 5. The van der Waals surface area contributed by atoms with Crippen LogP contribution in [0.2, 0.25) is 0 Å². The van der Waals surface area contributed by atoms with Gasteiger partial charge in [0.25, 0.3) is 5.91 Å². The molecular weight excluding hydrogens is 356 g/mol. The predicted octanol–water partition coefficient (Wildman–Crippen LogP) is 3.44. The van der Waals surface area contributed by atoms with Crippen molar-refractivity contribution in [2.45, 2.75) is 6.54 Å². The lowest BCUT2D eigenvalue weighted by Crippen LogP contribution is -2.11. The highest BCUT2D eigenvalue weighted by Crippen LogP contribution is 2.35. The van der Waals surface area contributed by atoms with Crippen molar-refractivity contribution in [3.05, 3.63) is 59.9 Å². The Labute approximate surface area is 161 Å². The average molecular weight is 376 g/mol. The molecule has 4 rings (SSSR count). The van der Waals surface area contributed by atoms with Gasteiger partial charge in [0.1, 0.15) is 0 Å². The van der Waals surface area contributed by atoms with E-state index in [1.807, 2.05) is 36.4 Å². The van der Waals surface area contributed by atoms with Gasteiger partial charge in [-0.05, 0) is 23.8 Å². The zero-order chi connectivity index (χ0) is 19.7. The molecule has 0 bridgehead atoms. The molecule has 0 spiro atoms. The summed E-state index contributed by atoms with van der Waals surface area (Å²) in [6.07, 6.45) is 3.37. The van der Waals surface area contributed by atoms with Crippen LogP contribution in [-0.4, -0.2) is 30.1 Å². The second-order valence-electron chi connectivity index (χ2n) is 6.33. The molecule has 0 aliphatic heterocycles. The summed E-state index contributed by atoms with van der Waals surface area (Å²) in [6.45, 7) is 0.462. The van der Waals surface area contributed by atoms with Gasteiger partial charge in [-0.15, -0.1) is 0 Å². The van der Waals surface area contributed by atoms with E-state index in [2.05, 4.69) is 15.3 Å². The molecule has 2 aromatic heterocycles. The third-order valence-corrected chi connectivity index (χ3v) is 4.72. The standard InChI is InChI=1S/C21H20N4O3/c1-27-18-7-14-17(8-19(18)28-2)23-10-15-16(11-24-20(14)15)21(26)25-13-5-3-12(9-22)4-6-13/h3-8,10-11,24H,9,22H2,1-2H3,(H,25,26). The van der Waals surface area contributed by atoms with E-state index in [9.17, 15) is 4.79 Å². The Kier molecular flexibility index (Phi) is 4.58. The SMILES string of the molecule is COc1cc2ncc3c(C(=O)Nc4ccc(CN)cc4)c[nH]c3c2cc1OC. The third-order valence-electron chi connectivity index (χ3n) is 4.72. The Morgan fingerprint density at radius 2 is 1.82 bits per heavy atom. The van der Waals surface area contributed by atoms with E-state index >= 15 is 0 Å². The molecule has 28 heavy (non-hydrogen) atoms. The molecule has 4 aromatic rings. The maximum absolute atomic E-state index is 12.8. The Balaban J connectivity index is 1.73. The number of anilines is 1. The molecule has 0 aliphatic rings. The number of H-pyrrole nitrogens is 1. The van der Waals surface area contributed by atoms with Crippen molar-refractivity contribution in [2.75, 3.05) is 19.5 Å². The lowest BCUT2D eigenvalue weighted by atomic mass is 10.1. The molecule has 2 aromatic carbocycles. The van der Waals surface area contributed by atoms with Gasteiger partial charge in [0.05, 0.1) is 30.8 Å². The molecule has 0 saturated heterocycles. The zero-order valence-corrected chi connectivity index (χ0v) is 15.6. The topological polar surface area (TPSA) is 102 Å². The van der Waals surface area contributed by atoms with Crippen LogP contribution >= 0.6 is 0 Å². The van der Waals surface area contributed by atoms with E-state index < -0.39 is 0 Å². The summed E-state index contributed by atoms with van der Waals surface area (Å²) in [5.74, 6) is 0.991. The highest BCUT2D eigenvalue weighted by Gasteiger charge is 2.16. The molecular formula is C21H20N4O3. The molecule has 7 nitrogen and oxygen atoms in total. The number of carbonyl (C=O) groups excluding carboxylic acids is 1. The van der Waals surface area contributed by atoms with Crippen LogP contribution in [0.4, 0.5) is 5.69 Å². The van der Waals surface area contributed by atoms with E-state index in [0.29, 0.717) is 29.3 Å². The van der Waals surface area contributed by atoms with Crippen molar-refractivity contribution >= 4 is 33.4 Å². The number of nitrogens with two attached hydrogens (primary N) is 1. The van der Waals surface area contributed by atoms with E-state index in [1.165, 1.54) is 0 Å². The first-order valence-electron chi connectivity index (χ1n) is 8.76. The Morgan fingerprint density at radius 3 is 2.50 bits per heavy atom. The molecule has 2 heterocycles. The maximum atomic E-state index is 12.8. The summed E-state index contributed by atoms with van der Waals surface area (Å²) < 4.78 is 10.7. The first-order chi connectivity index (χ1) is 13.6. The number of amides is 1. The molecule has 142 valence electrons. The number of aromatic amines is 1. The van der Waals surface area contributed by atoms with E-state index in [-0.39, 0.29) is 5.91 Å². The first kappa shape index (κ1) is 17.8. The smallest absolute Gasteiger partial charge is 0.257 e. The van der Waals surface area contributed by atoms with Crippen LogP contribution in [0.1, 0.15) is 15.9 Å². The van der Waals surface area contributed by atoms with E-state index in [0.717, 1.165) is 27.4 Å². The summed E-state index contributed by atoms with van der Waals surface area (Å²) in [7, 11) is 3.17. The number of nitrogens with zero attached hydrogens (tertiary/aromatic N) is 1. The summed E-state index contributed by atoms with van der Waals surface area (Å²) >= 11 is 0. The number of ether oxygens (including phenoxy) is 2. The minimum Gasteiger partial charge on any atom is -0.493 e. The Bertz CT molecular complexity index is 1170. The molecule has 0 unspecified atom stereocenters. The third kappa shape index (κ3) is 3.01. The number of aromatic nitrogens is 2. The molecule has 4 N–H and O–H groups in total. The van der Waals surface area contributed by atoms with Crippen molar-refractivity contribution < 1.29 is 14.3 Å². The van der Waals surface area contributed by atoms with Crippen LogP contribution < -0.4 is 20.5 Å². The average Bonchev–Trinajstić information content (AvgIpc) is 3.18. The highest BCUT2D eigenvalue weighted by molar-refractivity contribution is 6.17. The van der Waals surface area contributed by atoms with E-state index in [4.69, 9.17) is 15.2 Å². The fraction of sp³-hybridized carbons (Fsp3) is 0.143. The van der Waals surface area contributed by atoms with Crippen molar-refractivity contribution in [3.8, 4) is 11.5 Å². The number of carbonyl (C=O) groups is 1. The fourth-order valence-corrected chi connectivity index (χ4v) is 3.21. The maximum Gasteiger partial charge on any atom is 0.257 e. The largest absolute Gasteiger partial charge is 0.493 e. The number of nitrogens with one attached hydrogen (secondary N) is 2. The minimum absolute atomic E-state index is 0.214. The molecule has 0 fully saturated rings. The van der Waals surface area contributed by atoms with Crippen molar-refractivity contribution in [1.29, 1.82) is 0 Å². The molecule has 0 radical (unpaired) electrons. The number of methoxy groups -OCH3 is 2. The summed E-state index contributed by atoms with van der Waals surface area (Å²) in [6, 6.07) is 11.1. The molecule has 0 aliphatic carbocycles. The molecule has 0 saturated carbocycles. The number of rotatable bonds is 5. The normalized spacial score (nSPS) is 11.0. The second kappa shape index (κ2) is 7.21. The van der Waals surface area contributed by atoms with Crippen LogP contribution in [-0.2, 0) is 6.54 Å². The van der Waals surface area contributed by atoms with Crippen LogP contribution in [0.5, 0.6) is 11.5 Å². The van der Waals surface area contributed by atoms with Gasteiger partial charge in [-0.25, -0.2) is 0 Å². The number of benzene rings is 2. The Hall–Kier alpha value is -3.58. The van der Waals surface area contributed by atoms with Gasteiger partial charge < -0.3 is 25.5 Å². The Morgan fingerprint density at radius 1 is 1.11 bits per heavy atom. The van der Waals surface area contributed by atoms with Crippen LogP contribution in [0.3, 0.4) is 0 Å². The molecule has 0 atom stereocenters. The van der Waals surface area contributed by atoms with Crippen molar-refractivity contribution in [2.24, 2.45) is 5.73 Å². The monoisotopic (exact) mass is 376 g/mol. The van der Waals surface area contributed by atoms with Crippen molar-refractivity contribution in [3.63, 3.8) is 0 Å². The number of pyridine rings is 1. The van der Waals surface area contributed by atoms with Crippen LogP contribution in [0.15, 0.2) is 48.8 Å². The lowest BCUT2D eigenvalue weighted by Gasteiger charge is -2.09. The first-order valence-corrected chi connectivity index (χ1v) is 8.76. The quantitative estimate of drug-likeness (QED) is 0.495. The number of fused-ring (bicyclic) bond motifs is 3. The highest BCUT2D eigenvalue weighted by atomic mass is 16.5. The van der Waals surface area contributed by atoms with Gasteiger partial charge in [0.15, 0.2) is 11.5 Å². The lowest BCUT2D eigenvalue weighted by molar-refractivity contribution is 0.102. The number of hydrogen-bond donors (Lipinski definition) is 3. The summed E-state index contributed by atoms with van der Waals surface area (Å²) in [5, 5.41) is 4.49.